The molecule has 1 aliphatic rings. The molecule has 150 valence electrons. The molecule has 29 heavy (non-hydrogen) atoms. The van der Waals surface area contributed by atoms with Crippen molar-refractivity contribution >= 4 is 46.3 Å². The normalized spacial score (nSPS) is 16.2. The highest BCUT2D eigenvalue weighted by molar-refractivity contribution is 7.71. The third-order valence-corrected chi connectivity index (χ3v) is 5.45. The number of rotatable bonds is 4. The molecular weight excluding hydrogens is 412 g/mol. The molecule has 9 heteroatoms. The zero-order valence-electron chi connectivity index (χ0n) is 15.6. The van der Waals surface area contributed by atoms with E-state index in [4.69, 9.17) is 28.6 Å². The molecule has 1 aromatic heterocycles. The lowest BCUT2D eigenvalue weighted by atomic mass is 10.1. The van der Waals surface area contributed by atoms with Gasteiger partial charge in [0.25, 0.3) is 11.5 Å². The molecule has 0 aliphatic carbocycles. The highest BCUT2D eigenvalue weighted by atomic mass is 35.5. The summed E-state index contributed by atoms with van der Waals surface area (Å²) in [6.07, 6.45) is 0.803. The van der Waals surface area contributed by atoms with Gasteiger partial charge < -0.3 is 19.9 Å². The van der Waals surface area contributed by atoms with Crippen LogP contribution in [0.3, 0.4) is 0 Å². The third-order valence-electron chi connectivity index (χ3n) is 5.01. The molecule has 2 aromatic carbocycles. The van der Waals surface area contributed by atoms with Crippen molar-refractivity contribution in [1.82, 2.24) is 15.3 Å². The van der Waals surface area contributed by atoms with E-state index in [-0.39, 0.29) is 22.3 Å². The fourth-order valence-corrected chi connectivity index (χ4v) is 3.96. The van der Waals surface area contributed by atoms with Crippen molar-refractivity contribution in [2.24, 2.45) is 0 Å². The molecule has 1 unspecified atom stereocenters. The summed E-state index contributed by atoms with van der Waals surface area (Å²) in [5.41, 5.74) is 1.63. The van der Waals surface area contributed by atoms with Gasteiger partial charge in [-0.15, -0.1) is 0 Å². The number of halogens is 1. The maximum absolute atomic E-state index is 12.7. The van der Waals surface area contributed by atoms with E-state index in [0.29, 0.717) is 28.0 Å². The minimum Gasteiger partial charge on any atom is -0.495 e. The number of hydrogen-bond donors (Lipinski definition) is 3. The number of nitrogens with one attached hydrogen (secondary N) is 3. The molecule has 0 radical (unpaired) electrons. The van der Waals surface area contributed by atoms with Gasteiger partial charge in [0, 0.05) is 29.7 Å². The van der Waals surface area contributed by atoms with Crippen LogP contribution in [0.2, 0.25) is 5.02 Å². The van der Waals surface area contributed by atoms with Gasteiger partial charge in [0.2, 0.25) is 0 Å². The number of carbonyl (C=O) groups excluding carboxylic acids is 1. The average Bonchev–Trinajstić information content (AvgIpc) is 3.15. The fourth-order valence-electron chi connectivity index (χ4n) is 3.59. The maximum Gasteiger partial charge on any atom is 0.259 e. The largest absolute Gasteiger partial charge is 0.495 e. The van der Waals surface area contributed by atoms with Crippen molar-refractivity contribution < 1.29 is 9.53 Å². The lowest BCUT2D eigenvalue weighted by Crippen LogP contribution is -2.37. The number of nitrogens with zero attached hydrogens (tertiary/aromatic N) is 1. The van der Waals surface area contributed by atoms with Gasteiger partial charge in [0.1, 0.15) is 5.75 Å². The molecule has 1 aliphatic heterocycles. The molecule has 4 rings (SSSR count). The molecule has 0 spiro atoms. The summed E-state index contributed by atoms with van der Waals surface area (Å²) in [6, 6.07) is 10.4. The Morgan fingerprint density at radius 1 is 1.28 bits per heavy atom. The quantitative estimate of drug-likeness (QED) is 0.553. The number of hydrogen-bond acceptors (Lipinski definition) is 5. The number of anilines is 1. The van der Waals surface area contributed by atoms with E-state index in [9.17, 15) is 9.59 Å². The van der Waals surface area contributed by atoms with Crippen LogP contribution in [0.4, 0.5) is 5.69 Å². The molecular formula is C20H19ClN4O3S. The minimum atomic E-state index is -0.280. The summed E-state index contributed by atoms with van der Waals surface area (Å²) in [5.74, 6) is 0.549. The highest BCUT2D eigenvalue weighted by Gasteiger charge is 2.26. The lowest BCUT2D eigenvalue weighted by molar-refractivity contribution is 0.0940. The second-order valence-electron chi connectivity index (χ2n) is 6.89. The lowest BCUT2D eigenvalue weighted by Gasteiger charge is -2.21. The van der Waals surface area contributed by atoms with Crippen LogP contribution in [0.5, 0.6) is 5.75 Å². The maximum atomic E-state index is 12.7. The Morgan fingerprint density at radius 3 is 2.90 bits per heavy atom. The van der Waals surface area contributed by atoms with E-state index < -0.39 is 0 Å². The van der Waals surface area contributed by atoms with E-state index in [2.05, 4.69) is 20.2 Å². The first kappa shape index (κ1) is 19.5. The van der Waals surface area contributed by atoms with E-state index in [1.54, 1.807) is 31.4 Å². The number of amides is 1. The number of aromatic nitrogens is 2. The summed E-state index contributed by atoms with van der Waals surface area (Å²) in [6.45, 7) is 1.43. The summed E-state index contributed by atoms with van der Waals surface area (Å²) in [7, 11) is 1.62. The molecule has 1 fully saturated rings. The zero-order chi connectivity index (χ0) is 20.5. The SMILES string of the molecule is COc1ccc(Cl)cc1N1CCC(NC(=O)c2ccc3c(=O)[nH]c(=S)[nH]c3c2)C1. The van der Waals surface area contributed by atoms with Gasteiger partial charge in [0.05, 0.1) is 23.7 Å². The number of H-pyrrole nitrogens is 2. The second kappa shape index (κ2) is 7.88. The van der Waals surface area contributed by atoms with Gasteiger partial charge >= 0.3 is 0 Å². The second-order valence-corrected chi connectivity index (χ2v) is 7.73. The summed E-state index contributed by atoms with van der Waals surface area (Å²) in [4.78, 5) is 32.3. The molecule has 1 amide bonds. The Kier molecular flexibility index (Phi) is 5.29. The van der Waals surface area contributed by atoms with Crippen LogP contribution in [-0.2, 0) is 0 Å². The standard InChI is InChI=1S/C20H19ClN4O3S/c1-28-17-5-3-12(21)9-16(17)25-7-6-13(10-25)22-18(26)11-2-4-14-15(8-11)23-20(29)24-19(14)27/h2-5,8-9,13H,6-7,10H2,1H3,(H,22,26)(H2,23,24,27,29). The molecule has 7 nitrogen and oxygen atoms in total. The van der Waals surface area contributed by atoms with Crippen LogP contribution in [0, 0.1) is 4.77 Å². The monoisotopic (exact) mass is 430 g/mol. The van der Waals surface area contributed by atoms with Crippen molar-refractivity contribution in [1.29, 1.82) is 0 Å². The molecule has 0 bridgehead atoms. The molecule has 0 saturated carbocycles. The average molecular weight is 431 g/mol. The number of methoxy groups -OCH3 is 1. The third kappa shape index (κ3) is 3.99. The number of benzene rings is 2. The van der Waals surface area contributed by atoms with Crippen LogP contribution < -0.4 is 20.5 Å². The van der Waals surface area contributed by atoms with Gasteiger partial charge in [0.15, 0.2) is 4.77 Å². The van der Waals surface area contributed by atoms with E-state index in [1.165, 1.54) is 0 Å². The topological polar surface area (TPSA) is 90.2 Å². The van der Waals surface area contributed by atoms with Crippen molar-refractivity contribution in [3.63, 3.8) is 0 Å². The summed E-state index contributed by atoms with van der Waals surface area (Å²) < 4.78 is 5.65. The predicted molar refractivity (Wildman–Crippen MR) is 116 cm³/mol. The molecule has 3 N–H and O–H groups in total. The Balaban J connectivity index is 1.50. The zero-order valence-corrected chi connectivity index (χ0v) is 17.2. The summed E-state index contributed by atoms with van der Waals surface area (Å²) >= 11 is 11.1. The van der Waals surface area contributed by atoms with Crippen LogP contribution in [0.25, 0.3) is 10.9 Å². The smallest absolute Gasteiger partial charge is 0.259 e. The summed E-state index contributed by atoms with van der Waals surface area (Å²) in [5, 5.41) is 4.15. The Bertz CT molecular complexity index is 1210. The van der Waals surface area contributed by atoms with E-state index in [0.717, 1.165) is 24.4 Å². The van der Waals surface area contributed by atoms with Gasteiger partial charge in [-0.25, -0.2) is 0 Å². The van der Waals surface area contributed by atoms with Crippen molar-refractivity contribution in [3.05, 3.63) is 62.1 Å². The molecule has 1 atom stereocenters. The van der Waals surface area contributed by atoms with Crippen molar-refractivity contribution in [2.45, 2.75) is 12.5 Å². The van der Waals surface area contributed by atoms with Crippen molar-refractivity contribution in [3.8, 4) is 5.75 Å². The Morgan fingerprint density at radius 2 is 2.10 bits per heavy atom. The van der Waals surface area contributed by atoms with Crippen molar-refractivity contribution in [2.75, 3.05) is 25.1 Å². The van der Waals surface area contributed by atoms with Crippen LogP contribution in [0.1, 0.15) is 16.8 Å². The molecule has 3 aromatic rings. The van der Waals surface area contributed by atoms with Crippen LogP contribution >= 0.6 is 23.8 Å². The number of fused-ring (bicyclic) bond motifs is 1. The number of carbonyl (C=O) groups is 1. The Hall–Kier alpha value is -2.84. The van der Waals surface area contributed by atoms with Gasteiger partial charge in [-0.05, 0) is 55.0 Å². The fraction of sp³-hybridized carbons (Fsp3) is 0.250. The number of ether oxygens (including phenoxy) is 1. The molecule has 1 saturated heterocycles. The minimum absolute atomic E-state index is 0.0143. The van der Waals surface area contributed by atoms with E-state index >= 15 is 0 Å². The predicted octanol–water partition coefficient (Wildman–Crippen LogP) is 3.26. The van der Waals surface area contributed by atoms with Gasteiger partial charge in [-0.1, -0.05) is 11.6 Å². The van der Waals surface area contributed by atoms with E-state index in [1.807, 2.05) is 12.1 Å². The van der Waals surface area contributed by atoms with Gasteiger partial charge in [-0.2, -0.15) is 0 Å². The Labute approximate surface area is 176 Å². The van der Waals surface area contributed by atoms with Crippen LogP contribution in [-0.4, -0.2) is 42.1 Å². The first-order chi connectivity index (χ1) is 13.9. The highest BCUT2D eigenvalue weighted by Crippen LogP contribution is 2.33. The number of aromatic amines is 2. The molecule has 2 heterocycles. The first-order valence-electron chi connectivity index (χ1n) is 9.10. The first-order valence-corrected chi connectivity index (χ1v) is 9.89. The van der Waals surface area contributed by atoms with Gasteiger partial charge in [-0.3, -0.25) is 14.6 Å². The van der Waals surface area contributed by atoms with Crippen LogP contribution in [0.15, 0.2) is 41.2 Å².